The minimum absolute atomic E-state index is 0.166. The zero-order chi connectivity index (χ0) is 14.8. The molecule has 2 aromatic rings. The molecule has 0 saturated heterocycles. The molecule has 0 N–H and O–H groups in total. The molecule has 2 aromatic heterocycles. The summed E-state index contributed by atoms with van der Waals surface area (Å²) < 4.78 is 24.4. The van der Waals surface area contributed by atoms with Crippen molar-refractivity contribution >= 4 is 32.6 Å². The van der Waals surface area contributed by atoms with Crippen LogP contribution >= 0.6 is 11.6 Å². The highest BCUT2D eigenvalue weighted by Crippen LogP contribution is 2.17. The third-order valence-electron chi connectivity index (χ3n) is 3.02. The minimum atomic E-state index is -2.94. The molecule has 0 spiro atoms. The number of rotatable bonds is 6. The molecule has 0 aliphatic rings. The molecular weight excluding hydrogens is 298 g/mol. The summed E-state index contributed by atoms with van der Waals surface area (Å²) in [6.45, 7) is 2.56. The van der Waals surface area contributed by atoms with E-state index in [4.69, 9.17) is 11.6 Å². The predicted molar refractivity (Wildman–Crippen MR) is 81.0 cm³/mol. The second-order valence-corrected chi connectivity index (χ2v) is 7.60. The first-order chi connectivity index (χ1) is 9.40. The molecule has 0 aromatic carbocycles. The number of aryl methyl sites for hydroxylation is 3. The Kier molecular flexibility index (Phi) is 4.65. The van der Waals surface area contributed by atoms with E-state index in [0.717, 1.165) is 22.6 Å². The number of hydrogen-bond donors (Lipinski definition) is 0. The third-order valence-corrected chi connectivity index (χ3v) is 4.23. The molecule has 0 fully saturated rings. The Hall–Kier alpha value is -1.14. The summed E-state index contributed by atoms with van der Waals surface area (Å²) in [5.74, 6) is 1.51. The van der Waals surface area contributed by atoms with Crippen LogP contribution in [-0.2, 0) is 22.8 Å². The molecule has 0 atom stereocenters. The van der Waals surface area contributed by atoms with Gasteiger partial charge >= 0.3 is 0 Å². The number of fused-ring (bicyclic) bond motifs is 1. The number of pyridine rings is 1. The normalized spacial score (nSPS) is 12.2. The van der Waals surface area contributed by atoms with E-state index >= 15 is 0 Å². The molecule has 0 amide bonds. The van der Waals surface area contributed by atoms with Gasteiger partial charge in [-0.25, -0.2) is 18.4 Å². The van der Waals surface area contributed by atoms with Crippen molar-refractivity contribution in [2.75, 3.05) is 17.9 Å². The van der Waals surface area contributed by atoms with Gasteiger partial charge in [0.2, 0.25) is 0 Å². The van der Waals surface area contributed by atoms with Crippen molar-refractivity contribution in [3.05, 3.63) is 23.7 Å². The number of sulfone groups is 1. The maximum absolute atomic E-state index is 11.2. The van der Waals surface area contributed by atoms with Gasteiger partial charge in [0.25, 0.3) is 0 Å². The number of aromatic nitrogens is 3. The maximum atomic E-state index is 11.2. The molecule has 5 nitrogen and oxygen atoms in total. The highest BCUT2D eigenvalue weighted by molar-refractivity contribution is 7.90. The van der Waals surface area contributed by atoms with Gasteiger partial charge in [-0.05, 0) is 25.0 Å². The molecule has 110 valence electrons. The van der Waals surface area contributed by atoms with Gasteiger partial charge in [-0.2, -0.15) is 0 Å². The van der Waals surface area contributed by atoms with Crippen LogP contribution in [0.2, 0.25) is 0 Å². The lowest BCUT2D eigenvalue weighted by atomic mass is 10.3. The number of hydrogen-bond acceptors (Lipinski definition) is 4. The zero-order valence-electron chi connectivity index (χ0n) is 11.6. The van der Waals surface area contributed by atoms with Crippen LogP contribution in [0.1, 0.15) is 17.8 Å². The average Bonchev–Trinajstić information content (AvgIpc) is 2.65. The average molecular weight is 316 g/mol. The van der Waals surface area contributed by atoms with Crippen LogP contribution in [0.15, 0.2) is 12.3 Å². The van der Waals surface area contributed by atoms with Crippen molar-refractivity contribution in [2.24, 2.45) is 0 Å². The van der Waals surface area contributed by atoms with Crippen LogP contribution in [0, 0.1) is 6.92 Å². The van der Waals surface area contributed by atoms with Crippen molar-refractivity contribution < 1.29 is 8.42 Å². The SMILES string of the molecule is Cc1cnc2c(c1)nc(CCCl)n2CCCS(C)(=O)=O. The number of halogens is 1. The Morgan fingerprint density at radius 2 is 2.15 bits per heavy atom. The molecule has 0 unspecified atom stereocenters. The van der Waals surface area contributed by atoms with E-state index in [9.17, 15) is 8.42 Å². The van der Waals surface area contributed by atoms with E-state index in [1.54, 1.807) is 6.20 Å². The molecule has 0 radical (unpaired) electrons. The summed E-state index contributed by atoms with van der Waals surface area (Å²) in [6.07, 6.45) is 4.24. The third kappa shape index (κ3) is 3.70. The summed E-state index contributed by atoms with van der Waals surface area (Å²) in [6, 6.07) is 1.98. The molecule has 20 heavy (non-hydrogen) atoms. The fourth-order valence-corrected chi connectivity index (χ4v) is 2.98. The second kappa shape index (κ2) is 6.10. The van der Waals surface area contributed by atoms with Gasteiger partial charge < -0.3 is 4.57 Å². The second-order valence-electron chi connectivity index (χ2n) is 4.96. The number of nitrogens with zero attached hydrogens (tertiary/aromatic N) is 3. The fraction of sp³-hybridized carbons (Fsp3) is 0.538. The molecule has 0 aliphatic heterocycles. The van der Waals surface area contributed by atoms with Gasteiger partial charge in [-0.3, -0.25) is 0 Å². The van der Waals surface area contributed by atoms with Crippen molar-refractivity contribution in [3.8, 4) is 0 Å². The Morgan fingerprint density at radius 1 is 1.40 bits per heavy atom. The van der Waals surface area contributed by atoms with E-state index < -0.39 is 9.84 Å². The number of imidazole rings is 1. The van der Waals surface area contributed by atoms with Crippen LogP contribution in [0.5, 0.6) is 0 Å². The topological polar surface area (TPSA) is 64.8 Å². The van der Waals surface area contributed by atoms with Gasteiger partial charge in [-0.1, -0.05) is 0 Å². The Bertz CT molecular complexity index is 710. The van der Waals surface area contributed by atoms with Gasteiger partial charge in [0.15, 0.2) is 5.65 Å². The van der Waals surface area contributed by atoms with Crippen LogP contribution in [-0.4, -0.2) is 40.8 Å². The van der Waals surface area contributed by atoms with Crippen molar-refractivity contribution in [1.29, 1.82) is 0 Å². The van der Waals surface area contributed by atoms with Crippen LogP contribution in [0.4, 0.5) is 0 Å². The summed E-state index contributed by atoms with van der Waals surface area (Å²) in [7, 11) is -2.94. The van der Waals surface area contributed by atoms with Crippen LogP contribution in [0.3, 0.4) is 0 Å². The van der Waals surface area contributed by atoms with Gasteiger partial charge in [-0.15, -0.1) is 11.6 Å². The van der Waals surface area contributed by atoms with Crippen molar-refractivity contribution in [2.45, 2.75) is 26.3 Å². The Morgan fingerprint density at radius 3 is 2.80 bits per heavy atom. The standard InChI is InChI=1S/C13H18ClN3O2S/c1-10-8-11-13(15-9-10)17(12(16-11)4-5-14)6-3-7-20(2,18)19/h8-9H,3-7H2,1-2H3. The summed E-state index contributed by atoms with van der Waals surface area (Å²) in [5, 5.41) is 0. The van der Waals surface area contributed by atoms with Crippen LogP contribution < -0.4 is 0 Å². The maximum Gasteiger partial charge on any atom is 0.160 e. The monoisotopic (exact) mass is 315 g/mol. The largest absolute Gasteiger partial charge is 0.313 e. The van der Waals surface area contributed by atoms with E-state index in [1.165, 1.54) is 6.26 Å². The quantitative estimate of drug-likeness (QED) is 0.764. The lowest BCUT2D eigenvalue weighted by Gasteiger charge is -2.07. The highest BCUT2D eigenvalue weighted by atomic mass is 35.5. The van der Waals surface area contributed by atoms with E-state index in [2.05, 4.69) is 9.97 Å². The van der Waals surface area contributed by atoms with E-state index in [-0.39, 0.29) is 5.75 Å². The summed E-state index contributed by atoms with van der Waals surface area (Å²) >= 11 is 5.80. The Balaban J connectivity index is 2.31. The van der Waals surface area contributed by atoms with Gasteiger partial charge in [0, 0.05) is 31.3 Å². The number of alkyl halides is 1. The lowest BCUT2D eigenvalue weighted by Crippen LogP contribution is -2.10. The first-order valence-corrected chi connectivity index (χ1v) is 9.05. The zero-order valence-corrected chi connectivity index (χ0v) is 13.2. The molecule has 2 rings (SSSR count). The predicted octanol–water partition coefficient (Wildman–Crippen LogP) is 1.96. The summed E-state index contributed by atoms with van der Waals surface area (Å²) in [5.41, 5.74) is 2.68. The minimum Gasteiger partial charge on any atom is -0.313 e. The first kappa shape index (κ1) is 15.3. The van der Waals surface area contributed by atoms with Crippen LogP contribution in [0.25, 0.3) is 11.2 Å². The summed E-state index contributed by atoms with van der Waals surface area (Å²) in [4.78, 5) is 8.95. The fourth-order valence-electron chi connectivity index (χ4n) is 2.15. The molecule has 0 aliphatic carbocycles. The van der Waals surface area contributed by atoms with Gasteiger partial charge in [0.1, 0.15) is 21.2 Å². The molecule has 2 heterocycles. The molecular formula is C13H18ClN3O2S. The smallest absolute Gasteiger partial charge is 0.160 e. The first-order valence-electron chi connectivity index (χ1n) is 6.46. The highest BCUT2D eigenvalue weighted by Gasteiger charge is 2.12. The van der Waals surface area contributed by atoms with E-state index in [0.29, 0.717) is 25.3 Å². The van der Waals surface area contributed by atoms with Crippen molar-refractivity contribution in [1.82, 2.24) is 14.5 Å². The molecule has 7 heteroatoms. The van der Waals surface area contributed by atoms with Crippen molar-refractivity contribution in [3.63, 3.8) is 0 Å². The Labute approximate surface area is 123 Å². The van der Waals surface area contributed by atoms with Gasteiger partial charge in [0.05, 0.1) is 5.75 Å². The molecule has 0 saturated carbocycles. The lowest BCUT2D eigenvalue weighted by molar-refractivity contribution is 0.590. The molecule has 0 bridgehead atoms. The van der Waals surface area contributed by atoms with E-state index in [1.807, 2.05) is 17.6 Å².